The summed E-state index contributed by atoms with van der Waals surface area (Å²) in [5.41, 5.74) is 0. The average Bonchev–Trinajstić information content (AvgIpc) is 2.63. The standard InChI is InChI=1S/C24H50O/c1-3-5-7-9-11-12-14-17-21-24(22-18-15-19-23-25)20-16-13-10-8-6-4-2/h24-25H,3-23H2,1-2H3. The van der Waals surface area contributed by atoms with Gasteiger partial charge in [-0.15, -0.1) is 0 Å². The van der Waals surface area contributed by atoms with Gasteiger partial charge in [0.25, 0.3) is 0 Å². The van der Waals surface area contributed by atoms with Crippen molar-refractivity contribution in [2.75, 3.05) is 6.61 Å². The molecule has 0 fully saturated rings. The highest BCUT2D eigenvalue weighted by molar-refractivity contribution is 4.62. The third-order valence-corrected chi connectivity index (χ3v) is 5.70. The first-order valence-electron chi connectivity index (χ1n) is 12.0. The van der Waals surface area contributed by atoms with E-state index in [1.807, 2.05) is 0 Å². The highest BCUT2D eigenvalue weighted by atomic mass is 16.2. The molecular formula is C24H50O. The van der Waals surface area contributed by atoms with Crippen LogP contribution < -0.4 is 0 Å². The molecule has 1 heteroatoms. The quantitative estimate of drug-likeness (QED) is 0.205. The molecule has 1 N–H and O–H groups in total. The lowest BCUT2D eigenvalue weighted by Crippen LogP contribution is -2.02. The Hall–Kier alpha value is -0.0400. The summed E-state index contributed by atoms with van der Waals surface area (Å²) in [6, 6.07) is 0. The lowest BCUT2D eigenvalue weighted by atomic mass is 9.89. The molecule has 1 nitrogen and oxygen atoms in total. The lowest BCUT2D eigenvalue weighted by molar-refractivity contribution is 0.278. The predicted octanol–water partition coefficient (Wildman–Crippen LogP) is 8.44. The SMILES string of the molecule is CCCCCCCCCCC(CCCCCO)CCCCCCCC. The number of aliphatic hydroxyl groups is 1. The number of hydrogen-bond acceptors (Lipinski definition) is 1. The Bertz CT molecular complexity index is 226. The molecule has 0 aliphatic carbocycles. The largest absolute Gasteiger partial charge is 0.396 e. The highest BCUT2D eigenvalue weighted by Gasteiger charge is 2.08. The molecule has 0 saturated carbocycles. The maximum atomic E-state index is 8.95. The second-order valence-corrected chi connectivity index (χ2v) is 8.26. The second-order valence-electron chi connectivity index (χ2n) is 8.26. The van der Waals surface area contributed by atoms with Crippen molar-refractivity contribution in [2.45, 2.75) is 142 Å². The van der Waals surface area contributed by atoms with Crippen molar-refractivity contribution in [3.8, 4) is 0 Å². The zero-order valence-corrected chi connectivity index (χ0v) is 17.9. The summed E-state index contributed by atoms with van der Waals surface area (Å²) in [5.74, 6) is 0.963. The van der Waals surface area contributed by atoms with Gasteiger partial charge >= 0.3 is 0 Å². The second kappa shape index (κ2) is 22.0. The van der Waals surface area contributed by atoms with Crippen LogP contribution in [-0.4, -0.2) is 11.7 Å². The van der Waals surface area contributed by atoms with Crippen LogP contribution in [-0.2, 0) is 0 Å². The molecule has 0 rings (SSSR count). The van der Waals surface area contributed by atoms with E-state index in [4.69, 9.17) is 5.11 Å². The van der Waals surface area contributed by atoms with Crippen LogP contribution in [0, 0.1) is 5.92 Å². The maximum absolute atomic E-state index is 8.95. The molecule has 0 aromatic heterocycles. The van der Waals surface area contributed by atoms with Crippen LogP contribution in [0.15, 0.2) is 0 Å². The van der Waals surface area contributed by atoms with E-state index in [2.05, 4.69) is 13.8 Å². The van der Waals surface area contributed by atoms with Crippen molar-refractivity contribution in [1.82, 2.24) is 0 Å². The molecule has 1 atom stereocenters. The summed E-state index contributed by atoms with van der Waals surface area (Å²) in [6.45, 7) is 4.97. The lowest BCUT2D eigenvalue weighted by Gasteiger charge is -2.17. The molecular weight excluding hydrogens is 304 g/mol. The minimum absolute atomic E-state index is 0.375. The minimum Gasteiger partial charge on any atom is -0.396 e. The van der Waals surface area contributed by atoms with Crippen LogP contribution in [0.1, 0.15) is 142 Å². The highest BCUT2D eigenvalue weighted by Crippen LogP contribution is 2.24. The summed E-state index contributed by atoms with van der Waals surface area (Å²) in [4.78, 5) is 0. The first-order chi connectivity index (χ1) is 12.3. The van der Waals surface area contributed by atoms with E-state index in [-0.39, 0.29) is 0 Å². The van der Waals surface area contributed by atoms with Crippen LogP contribution >= 0.6 is 0 Å². The van der Waals surface area contributed by atoms with Gasteiger partial charge in [-0.3, -0.25) is 0 Å². The average molecular weight is 355 g/mol. The fourth-order valence-electron chi connectivity index (χ4n) is 3.93. The van der Waals surface area contributed by atoms with Gasteiger partial charge in [-0.2, -0.15) is 0 Å². The Labute approximate surface area is 160 Å². The first-order valence-corrected chi connectivity index (χ1v) is 12.0. The fraction of sp³-hybridized carbons (Fsp3) is 1.00. The van der Waals surface area contributed by atoms with E-state index in [1.165, 1.54) is 122 Å². The molecule has 152 valence electrons. The maximum Gasteiger partial charge on any atom is 0.0431 e. The molecule has 0 aliphatic rings. The molecule has 0 amide bonds. The van der Waals surface area contributed by atoms with Gasteiger partial charge in [0.2, 0.25) is 0 Å². The summed E-state index contributed by atoms with van der Waals surface area (Å²) in [6.07, 6.45) is 27.9. The Morgan fingerprint density at radius 1 is 0.440 bits per heavy atom. The molecule has 0 aliphatic heterocycles. The third kappa shape index (κ3) is 20.1. The van der Waals surface area contributed by atoms with Crippen molar-refractivity contribution in [1.29, 1.82) is 0 Å². The molecule has 25 heavy (non-hydrogen) atoms. The Balaban J connectivity index is 3.69. The van der Waals surface area contributed by atoms with Crippen molar-refractivity contribution in [2.24, 2.45) is 5.92 Å². The topological polar surface area (TPSA) is 20.2 Å². The zero-order valence-electron chi connectivity index (χ0n) is 17.9. The Kier molecular flexibility index (Phi) is 22.0. The van der Waals surface area contributed by atoms with Gasteiger partial charge in [0.1, 0.15) is 0 Å². The van der Waals surface area contributed by atoms with Gasteiger partial charge in [-0.25, -0.2) is 0 Å². The van der Waals surface area contributed by atoms with Gasteiger partial charge in [0.15, 0.2) is 0 Å². The third-order valence-electron chi connectivity index (χ3n) is 5.70. The molecule has 0 saturated heterocycles. The van der Waals surface area contributed by atoms with Gasteiger partial charge in [-0.1, -0.05) is 136 Å². The molecule has 0 aromatic carbocycles. The van der Waals surface area contributed by atoms with Gasteiger partial charge in [-0.05, 0) is 12.3 Å². The Morgan fingerprint density at radius 2 is 0.760 bits per heavy atom. The van der Waals surface area contributed by atoms with Gasteiger partial charge < -0.3 is 5.11 Å². The Morgan fingerprint density at radius 3 is 1.12 bits per heavy atom. The monoisotopic (exact) mass is 354 g/mol. The van der Waals surface area contributed by atoms with Gasteiger partial charge in [0, 0.05) is 6.61 Å². The number of hydrogen-bond donors (Lipinski definition) is 1. The summed E-state index contributed by atoms with van der Waals surface area (Å²) in [5, 5.41) is 8.95. The van der Waals surface area contributed by atoms with Crippen molar-refractivity contribution >= 4 is 0 Å². The first kappa shape index (κ1) is 25.0. The number of unbranched alkanes of at least 4 members (excludes halogenated alkanes) is 14. The van der Waals surface area contributed by atoms with Crippen LogP contribution in [0.5, 0.6) is 0 Å². The summed E-state index contributed by atoms with van der Waals surface area (Å²) >= 11 is 0. The van der Waals surface area contributed by atoms with Crippen molar-refractivity contribution in [3.05, 3.63) is 0 Å². The van der Waals surface area contributed by atoms with Crippen molar-refractivity contribution in [3.63, 3.8) is 0 Å². The normalized spacial score (nSPS) is 12.6. The van der Waals surface area contributed by atoms with Crippen LogP contribution in [0.3, 0.4) is 0 Å². The molecule has 1 unspecified atom stereocenters. The molecule has 0 bridgehead atoms. The van der Waals surface area contributed by atoms with Crippen LogP contribution in [0.2, 0.25) is 0 Å². The fourth-order valence-corrected chi connectivity index (χ4v) is 3.93. The molecule has 0 spiro atoms. The smallest absolute Gasteiger partial charge is 0.0431 e. The summed E-state index contributed by atoms with van der Waals surface area (Å²) in [7, 11) is 0. The van der Waals surface area contributed by atoms with Gasteiger partial charge in [0.05, 0.1) is 0 Å². The van der Waals surface area contributed by atoms with E-state index in [0.29, 0.717) is 6.61 Å². The number of aliphatic hydroxyl groups excluding tert-OH is 1. The van der Waals surface area contributed by atoms with Crippen LogP contribution in [0.4, 0.5) is 0 Å². The van der Waals surface area contributed by atoms with Crippen LogP contribution in [0.25, 0.3) is 0 Å². The van der Waals surface area contributed by atoms with E-state index >= 15 is 0 Å². The van der Waals surface area contributed by atoms with E-state index in [9.17, 15) is 0 Å². The molecule has 0 aromatic rings. The van der Waals surface area contributed by atoms with E-state index < -0.39 is 0 Å². The molecule has 0 radical (unpaired) electrons. The minimum atomic E-state index is 0.375. The van der Waals surface area contributed by atoms with Crippen molar-refractivity contribution < 1.29 is 5.11 Å². The number of rotatable bonds is 21. The predicted molar refractivity (Wildman–Crippen MR) is 114 cm³/mol. The molecule has 0 heterocycles. The zero-order chi connectivity index (χ0) is 18.4. The van der Waals surface area contributed by atoms with E-state index in [0.717, 1.165) is 12.3 Å². The summed E-state index contributed by atoms with van der Waals surface area (Å²) < 4.78 is 0. The van der Waals surface area contributed by atoms with E-state index in [1.54, 1.807) is 0 Å².